The SMILES string of the molecule is CC(C)(C)OC(=O)n1c2ccccc2c2nc3ccc(-c4cccc5nc6c(nc45)c4ccccc4n6C(=O)OC(C)(C)C)cc3nc21. The second-order valence-corrected chi connectivity index (χ2v) is 13.8. The lowest BCUT2D eigenvalue weighted by atomic mass is 10.0. The van der Waals surface area contributed by atoms with Gasteiger partial charge in [-0.1, -0.05) is 54.6 Å². The van der Waals surface area contributed by atoms with E-state index in [9.17, 15) is 9.59 Å². The summed E-state index contributed by atoms with van der Waals surface area (Å²) in [6.45, 7) is 11.0. The summed E-state index contributed by atoms with van der Waals surface area (Å²) in [5.41, 5.74) is 6.34. The molecule has 0 spiro atoms. The Labute approximate surface area is 274 Å². The maximum absolute atomic E-state index is 13.5. The average Bonchev–Trinajstić information content (AvgIpc) is 3.52. The topological polar surface area (TPSA) is 114 Å². The summed E-state index contributed by atoms with van der Waals surface area (Å²) in [6, 6.07) is 26.8. The maximum Gasteiger partial charge on any atom is 0.420 e. The van der Waals surface area contributed by atoms with Crippen LogP contribution in [0.3, 0.4) is 0 Å². The van der Waals surface area contributed by atoms with Gasteiger partial charge in [0, 0.05) is 16.3 Å². The number of aromatic nitrogens is 6. The van der Waals surface area contributed by atoms with E-state index in [1.54, 1.807) is 0 Å². The molecule has 0 saturated heterocycles. The maximum atomic E-state index is 13.5. The van der Waals surface area contributed by atoms with Crippen LogP contribution in [-0.4, -0.2) is 52.5 Å². The number of hydrogen-bond donors (Lipinski definition) is 0. The zero-order chi connectivity index (χ0) is 33.5. The lowest BCUT2D eigenvalue weighted by molar-refractivity contribution is 0.0539. The van der Waals surface area contributed by atoms with Crippen LogP contribution in [0, 0.1) is 0 Å². The number of para-hydroxylation sites is 3. The highest BCUT2D eigenvalue weighted by molar-refractivity contribution is 6.13. The van der Waals surface area contributed by atoms with Crippen molar-refractivity contribution in [2.45, 2.75) is 52.7 Å². The molecule has 48 heavy (non-hydrogen) atoms. The van der Waals surface area contributed by atoms with Crippen LogP contribution < -0.4 is 0 Å². The first kappa shape index (κ1) is 29.5. The van der Waals surface area contributed by atoms with E-state index in [0.717, 1.165) is 21.9 Å². The van der Waals surface area contributed by atoms with Gasteiger partial charge in [0.25, 0.3) is 0 Å². The van der Waals surface area contributed by atoms with E-state index in [2.05, 4.69) is 0 Å². The number of carbonyl (C=O) groups is 2. The Bertz CT molecular complexity index is 2640. The van der Waals surface area contributed by atoms with E-state index in [-0.39, 0.29) is 0 Å². The second-order valence-electron chi connectivity index (χ2n) is 13.8. The standard InChI is InChI=1S/C38H32N6O4/c1-37(2,3)47-35(45)43-28-16-9-7-12-23(28)31-33(43)41-27-20-21(18-19-25(27)39-31)22-14-11-15-26-30(22)42-32-24-13-8-10-17-29(24)44(34(32)40-26)36(46)48-38(4,5)6/h7-20H,1-6H3. The summed E-state index contributed by atoms with van der Waals surface area (Å²) in [6.07, 6.45) is -1.03. The van der Waals surface area contributed by atoms with Crippen molar-refractivity contribution in [3.63, 3.8) is 0 Å². The van der Waals surface area contributed by atoms with Gasteiger partial charge in [0.15, 0.2) is 11.3 Å². The van der Waals surface area contributed by atoms with E-state index in [1.807, 2.05) is 126 Å². The van der Waals surface area contributed by atoms with Gasteiger partial charge in [0.2, 0.25) is 0 Å². The molecule has 4 aromatic heterocycles. The molecule has 0 atom stereocenters. The van der Waals surface area contributed by atoms with Crippen molar-refractivity contribution in [1.29, 1.82) is 0 Å². The first-order chi connectivity index (χ1) is 22.9. The highest BCUT2D eigenvalue weighted by Gasteiger charge is 2.26. The van der Waals surface area contributed by atoms with Gasteiger partial charge in [-0.3, -0.25) is 0 Å². The number of fused-ring (bicyclic) bond motifs is 8. The Morgan fingerprint density at radius 2 is 1.08 bits per heavy atom. The fourth-order valence-corrected chi connectivity index (χ4v) is 6.14. The smallest absolute Gasteiger partial charge is 0.420 e. The Balaban J connectivity index is 1.33. The van der Waals surface area contributed by atoms with Gasteiger partial charge in [-0.15, -0.1) is 0 Å². The number of nitrogens with zero attached hydrogens (tertiary/aromatic N) is 6. The third-order valence-electron chi connectivity index (χ3n) is 8.01. The molecule has 0 N–H and O–H groups in total. The molecule has 10 heteroatoms. The number of ether oxygens (including phenoxy) is 2. The lowest BCUT2D eigenvalue weighted by Gasteiger charge is -2.20. The quantitative estimate of drug-likeness (QED) is 0.175. The van der Waals surface area contributed by atoms with Crippen LogP contribution in [-0.2, 0) is 9.47 Å². The first-order valence-corrected chi connectivity index (χ1v) is 15.7. The molecule has 0 unspecified atom stereocenters. The van der Waals surface area contributed by atoms with Crippen LogP contribution in [0.15, 0.2) is 84.9 Å². The van der Waals surface area contributed by atoms with Crippen molar-refractivity contribution in [1.82, 2.24) is 29.1 Å². The third kappa shape index (κ3) is 4.79. The van der Waals surface area contributed by atoms with Crippen molar-refractivity contribution >= 4 is 78.4 Å². The van der Waals surface area contributed by atoms with Gasteiger partial charge in [-0.05, 0) is 77.4 Å². The fraction of sp³-hybridized carbons (Fsp3) is 0.211. The van der Waals surface area contributed by atoms with Crippen molar-refractivity contribution in [3.8, 4) is 11.1 Å². The van der Waals surface area contributed by atoms with E-state index in [0.29, 0.717) is 55.4 Å². The van der Waals surface area contributed by atoms with Crippen molar-refractivity contribution in [3.05, 3.63) is 84.9 Å². The molecule has 10 nitrogen and oxygen atoms in total. The number of rotatable bonds is 1. The van der Waals surface area contributed by atoms with E-state index < -0.39 is 23.4 Å². The third-order valence-corrected chi connectivity index (χ3v) is 8.01. The molecular weight excluding hydrogens is 604 g/mol. The first-order valence-electron chi connectivity index (χ1n) is 15.7. The molecule has 238 valence electrons. The van der Waals surface area contributed by atoms with Crippen LogP contribution in [0.25, 0.3) is 77.3 Å². The number of carbonyl (C=O) groups excluding carboxylic acids is 2. The Morgan fingerprint density at radius 3 is 1.67 bits per heavy atom. The van der Waals surface area contributed by atoms with Gasteiger partial charge >= 0.3 is 12.2 Å². The van der Waals surface area contributed by atoms with Crippen LogP contribution in [0.1, 0.15) is 41.5 Å². The molecule has 0 amide bonds. The van der Waals surface area contributed by atoms with Crippen molar-refractivity contribution in [2.24, 2.45) is 0 Å². The van der Waals surface area contributed by atoms with Gasteiger partial charge in [0.05, 0.1) is 33.1 Å². The summed E-state index contributed by atoms with van der Waals surface area (Å²) in [5.74, 6) is 0. The molecule has 4 aromatic carbocycles. The van der Waals surface area contributed by atoms with Crippen molar-refractivity contribution in [2.75, 3.05) is 0 Å². The van der Waals surface area contributed by atoms with Gasteiger partial charge in [0.1, 0.15) is 22.2 Å². The summed E-state index contributed by atoms with van der Waals surface area (Å²) in [5, 5.41) is 1.61. The minimum atomic E-state index is -0.688. The normalized spacial score (nSPS) is 12.5. The second kappa shape index (κ2) is 10.3. The average molecular weight is 637 g/mol. The highest BCUT2D eigenvalue weighted by atomic mass is 16.6. The molecule has 0 aliphatic heterocycles. The molecule has 0 saturated carbocycles. The number of hydrogen-bond acceptors (Lipinski definition) is 8. The minimum Gasteiger partial charge on any atom is -0.443 e. The molecule has 0 radical (unpaired) electrons. The predicted molar refractivity (Wildman–Crippen MR) is 187 cm³/mol. The molecule has 0 aliphatic rings. The van der Waals surface area contributed by atoms with Gasteiger partial charge in [-0.2, -0.15) is 0 Å². The van der Waals surface area contributed by atoms with Crippen LogP contribution >= 0.6 is 0 Å². The summed E-state index contributed by atoms with van der Waals surface area (Å²) in [7, 11) is 0. The Hall–Kier alpha value is -5.90. The summed E-state index contributed by atoms with van der Waals surface area (Å²) >= 11 is 0. The zero-order valence-corrected chi connectivity index (χ0v) is 27.4. The highest BCUT2D eigenvalue weighted by Crippen LogP contribution is 2.35. The predicted octanol–water partition coefficient (Wildman–Crippen LogP) is 9.02. The fourth-order valence-electron chi connectivity index (χ4n) is 6.14. The molecular formula is C38H32N6O4. The monoisotopic (exact) mass is 636 g/mol. The van der Waals surface area contributed by atoms with Crippen LogP contribution in [0.2, 0.25) is 0 Å². The Morgan fingerprint density at radius 1 is 0.542 bits per heavy atom. The molecule has 8 aromatic rings. The van der Waals surface area contributed by atoms with E-state index in [1.165, 1.54) is 9.13 Å². The largest absolute Gasteiger partial charge is 0.443 e. The van der Waals surface area contributed by atoms with Gasteiger partial charge < -0.3 is 9.47 Å². The molecule has 0 bridgehead atoms. The van der Waals surface area contributed by atoms with E-state index >= 15 is 0 Å². The Kier molecular flexibility index (Phi) is 6.33. The van der Waals surface area contributed by atoms with Crippen LogP contribution in [0.4, 0.5) is 9.59 Å². The summed E-state index contributed by atoms with van der Waals surface area (Å²) < 4.78 is 14.5. The molecule has 8 rings (SSSR count). The van der Waals surface area contributed by atoms with Gasteiger partial charge in [-0.25, -0.2) is 38.7 Å². The van der Waals surface area contributed by atoms with Crippen LogP contribution in [0.5, 0.6) is 0 Å². The summed E-state index contributed by atoms with van der Waals surface area (Å²) in [4.78, 5) is 46.9. The lowest BCUT2D eigenvalue weighted by Crippen LogP contribution is -2.27. The van der Waals surface area contributed by atoms with E-state index in [4.69, 9.17) is 29.4 Å². The minimum absolute atomic E-state index is 0.421. The molecule has 0 aliphatic carbocycles. The molecule has 4 heterocycles. The molecule has 0 fully saturated rings. The zero-order valence-electron chi connectivity index (χ0n) is 27.4. The number of benzene rings is 4. The van der Waals surface area contributed by atoms with Crippen molar-refractivity contribution < 1.29 is 19.1 Å².